The summed E-state index contributed by atoms with van der Waals surface area (Å²) in [5.41, 5.74) is 2.54. The number of hydrogen-bond donors (Lipinski definition) is 0. The molecule has 3 aliphatic heterocycles. The molecule has 2 amide bonds. The Hall–Kier alpha value is -1.89. The minimum Gasteiger partial charge on any atom is -0.312 e. The minimum atomic E-state index is -3.06. The maximum Gasteiger partial charge on any atom is 0.227 e. The third-order valence-electron chi connectivity index (χ3n) is 5.30. The molecule has 0 N–H and O–H groups in total. The van der Waals surface area contributed by atoms with E-state index in [1.807, 2.05) is 25.1 Å². The molecule has 0 bridgehead atoms. The van der Waals surface area contributed by atoms with E-state index in [0.717, 1.165) is 29.9 Å². The maximum atomic E-state index is 12.4. The number of nitrogens with zero attached hydrogens (tertiary/aromatic N) is 2. The van der Waals surface area contributed by atoms with Gasteiger partial charge in [0.05, 0.1) is 17.5 Å². The van der Waals surface area contributed by atoms with Crippen LogP contribution in [0.5, 0.6) is 0 Å². The van der Waals surface area contributed by atoms with Crippen molar-refractivity contribution in [2.45, 2.75) is 32.2 Å². The second-order valence-corrected chi connectivity index (χ2v) is 9.15. The van der Waals surface area contributed by atoms with Gasteiger partial charge in [-0.05, 0) is 37.1 Å². The van der Waals surface area contributed by atoms with Gasteiger partial charge in [-0.15, -0.1) is 0 Å². The van der Waals surface area contributed by atoms with Crippen LogP contribution in [0.1, 0.15) is 24.8 Å². The smallest absolute Gasteiger partial charge is 0.227 e. The molecule has 24 heavy (non-hydrogen) atoms. The zero-order valence-electron chi connectivity index (χ0n) is 13.6. The molecule has 3 aliphatic rings. The zero-order chi connectivity index (χ0) is 17.1. The van der Waals surface area contributed by atoms with E-state index in [9.17, 15) is 18.0 Å². The van der Waals surface area contributed by atoms with Crippen LogP contribution in [0.4, 0.5) is 11.4 Å². The van der Waals surface area contributed by atoms with Gasteiger partial charge in [0.15, 0.2) is 9.84 Å². The van der Waals surface area contributed by atoms with Gasteiger partial charge in [-0.3, -0.25) is 9.59 Å². The molecule has 2 atom stereocenters. The molecule has 0 spiro atoms. The summed E-state index contributed by atoms with van der Waals surface area (Å²) in [6, 6.07) is 5.35. The number of anilines is 2. The van der Waals surface area contributed by atoms with E-state index >= 15 is 0 Å². The fourth-order valence-electron chi connectivity index (χ4n) is 4.22. The molecule has 0 aliphatic carbocycles. The average molecular weight is 348 g/mol. The molecule has 0 unspecified atom stereocenters. The van der Waals surface area contributed by atoms with Crippen molar-refractivity contribution in [3.8, 4) is 0 Å². The van der Waals surface area contributed by atoms with Crippen molar-refractivity contribution >= 4 is 33.0 Å². The normalized spacial score (nSPS) is 28.7. The first-order valence-corrected chi connectivity index (χ1v) is 10.1. The molecule has 128 valence electrons. The van der Waals surface area contributed by atoms with E-state index in [-0.39, 0.29) is 35.3 Å². The molecule has 0 aromatic heterocycles. The van der Waals surface area contributed by atoms with Gasteiger partial charge in [0.1, 0.15) is 0 Å². The van der Waals surface area contributed by atoms with Crippen molar-refractivity contribution in [2.75, 3.05) is 27.9 Å². The summed E-state index contributed by atoms with van der Waals surface area (Å²) in [4.78, 5) is 27.7. The maximum absolute atomic E-state index is 12.4. The topological polar surface area (TPSA) is 74.8 Å². The highest BCUT2D eigenvalue weighted by Crippen LogP contribution is 2.38. The van der Waals surface area contributed by atoms with Crippen molar-refractivity contribution in [1.29, 1.82) is 0 Å². The second-order valence-electron chi connectivity index (χ2n) is 6.99. The Labute approximate surface area is 141 Å². The largest absolute Gasteiger partial charge is 0.312 e. The van der Waals surface area contributed by atoms with Crippen molar-refractivity contribution in [1.82, 2.24) is 0 Å². The molecule has 0 saturated carbocycles. The van der Waals surface area contributed by atoms with Crippen LogP contribution in [0.25, 0.3) is 0 Å². The second kappa shape index (κ2) is 5.31. The lowest BCUT2D eigenvalue weighted by molar-refractivity contribution is -0.118. The number of amides is 2. The summed E-state index contributed by atoms with van der Waals surface area (Å²) in [7, 11) is -3.06. The van der Waals surface area contributed by atoms with Gasteiger partial charge in [-0.2, -0.15) is 0 Å². The molecule has 3 fully saturated rings. The first-order valence-electron chi connectivity index (χ1n) is 8.29. The number of fused-ring (bicyclic) bond motifs is 1. The van der Waals surface area contributed by atoms with Crippen molar-refractivity contribution in [2.24, 2.45) is 5.92 Å². The van der Waals surface area contributed by atoms with Crippen LogP contribution in [0.3, 0.4) is 0 Å². The Morgan fingerprint density at radius 1 is 1.12 bits per heavy atom. The van der Waals surface area contributed by atoms with Gasteiger partial charge < -0.3 is 9.80 Å². The lowest BCUT2D eigenvalue weighted by Crippen LogP contribution is -2.36. The van der Waals surface area contributed by atoms with Gasteiger partial charge in [-0.25, -0.2) is 8.42 Å². The van der Waals surface area contributed by atoms with E-state index in [1.54, 1.807) is 9.80 Å². The first-order chi connectivity index (χ1) is 11.4. The van der Waals surface area contributed by atoms with Gasteiger partial charge in [0.2, 0.25) is 11.8 Å². The van der Waals surface area contributed by atoms with E-state index in [0.29, 0.717) is 12.8 Å². The van der Waals surface area contributed by atoms with Gasteiger partial charge in [0, 0.05) is 36.7 Å². The lowest BCUT2D eigenvalue weighted by atomic mass is 10.0. The van der Waals surface area contributed by atoms with Crippen molar-refractivity contribution in [3.63, 3.8) is 0 Å². The van der Waals surface area contributed by atoms with E-state index in [4.69, 9.17) is 0 Å². The summed E-state index contributed by atoms with van der Waals surface area (Å²) in [6.07, 6.45) is 1.75. The van der Waals surface area contributed by atoms with Crippen LogP contribution in [0.15, 0.2) is 18.2 Å². The molecule has 3 saturated heterocycles. The molecule has 1 aromatic rings. The quantitative estimate of drug-likeness (QED) is 0.807. The number of aryl methyl sites for hydroxylation is 1. The predicted molar refractivity (Wildman–Crippen MR) is 90.8 cm³/mol. The number of rotatable bonds is 2. The monoisotopic (exact) mass is 348 g/mol. The fraction of sp³-hybridized carbons (Fsp3) is 0.529. The van der Waals surface area contributed by atoms with Crippen molar-refractivity contribution < 1.29 is 18.0 Å². The van der Waals surface area contributed by atoms with E-state index in [2.05, 4.69) is 0 Å². The van der Waals surface area contributed by atoms with Crippen LogP contribution in [-0.2, 0) is 19.4 Å². The zero-order valence-corrected chi connectivity index (χ0v) is 14.4. The van der Waals surface area contributed by atoms with Crippen LogP contribution < -0.4 is 9.80 Å². The Morgan fingerprint density at radius 3 is 2.58 bits per heavy atom. The lowest BCUT2D eigenvalue weighted by Gasteiger charge is -2.25. The van der Waals surface area contributed by atoms with Gasteiger partial charge in [0.25, 0.3) is 0 Å². The third-order valence-corrected chi connectivity index (χ3v) is 7.08. The number of sulfone groups is 1. The summed E-state index contributed by atoms with van der Waals surface area (Å²) >= 11 is 0. The van der Waals surface area contributed by atoms with E-state index in [1.165, 1.54) is 0 Å². The van der Waals surface area contributed by atoms with Crippen LogP contribution in [0.2, 0.25) is 0 Å². The molecule has 6 nitrogen and oxygen atoms in total. The number of benzene rings is 1. The first kappa shape index (κ1) is 15.6. The highest BCUT2D eigenvalue weighted by Gasteiger charge is 2.49. The Kier molecular flexibility index (Phi) is 3.46. The summed E-state index contributed by atoms with van der Waals surface area (Å²) in [5.74, 6) is 0.186. The molecular weight excluding hydrogens is 328 g/mol. The van der Waals surface area contributed by atoms with Gasteiger partial charge >= 0.3 is 0 Å². The average Bonchev–Trinajstić information content (AvgIpc) is 3.10. The molecule has 1 aromatic carbocycles. The van der Waals surface area contributed by atoms with Crippen LogP contribution in [-0.4, -0.2) is 44.3 Å². The number of carbonyl (C=O) groups is 2. The van der Waals surface area contributed by atoms with Crippen LogP contribution >= 0.6 is 0 Å². The standard InChI is InChI=1S/C17H20N2O4S/c1-11-7-13(4-5-14(11)18-6-2-3-16(18)20)19-15-10-24(22,23)9-12(15)8-17(19)21/h4-5,7,12,15H,2-3,6,8-10H2,1H3/t12-,15-/m0/s1. The fourth-order valence-corrected chi connectivity index (χ4v) is 6.29. The molecular formula is C17H20N2O4S. The Balaban J connectivity index is 1.66. The summed E-state index contributed by atoms with van der Waals surface area (Å²) in [5, 5.41) is 0. The number of carbonyl (C=O) groups excluding carboxylic acids is 2. The summed E-state index contributed by atoms with van der Waals surface area (Å²) < 4.78 is 23.8. The van der Waals surface area contributed by atoms with Crippen LogP contribution in [0, 0.1) is 12.8 Å². The Morgan fingerprint density at radius 2 is 1.92 bits per heavy atom. The molecule has 7 heteroatoms. The molecule has 4 rings (SSSR count). The molecule has 3 heterocycles. The highest BCUT2D eigenvalue weighted by molar-refractivity contribution is 7.91. The highest BCUT2D eigenvalue weighted by atomic mass is 32.2. The summed E-state index contributed by atoms with van der Waals surface area (Å²) in [6.45, 7) is 2.65. The number of hydrogen-bond acceptors (Lipinski definition) is 4. The predicted octanol–water partition coefficient (Wildman–Crippen LogP) is 1.27. The third kappa shape index (κ3) is 2.42. The molecule has 0 radical (unpaired) electrons. The van der Waals surface area contributed by atoms with Crippen molar-refractivity contribution in [3.05, 3.63) is 23.8 Å². The minimum absolute atomic E-state index is 0.00991. The SMILES string of the molecule is Cc1cc(N2C(=O)C[C@H]3CS(=O)(=O)C[C@@H]32)ccc1N1CCCC1=O. The van der Waals surface area contributed by atoms with E-state index < -0.39 is 9.84 Å². The Bertz CT molecular complexity index is 833. The van der Waals surface area contributed by atoms with Gasteiger partial charge in [-0.1, -0.05) is 0 Å².